The molecule has 0 saturated carbocycles. The van der Waals surface area contributed by atoms with Crippen molar-refractivity contribution in [3.05, 3.63) is 54.1 Å². The number of rotatable bonds is 7. The summed E-state index contributed by atoms with van der Waals surface area (Å²) in [4.78, 5) is 22.0. The number of esters is 1. The molecule has 0 aliphatic rings. The molecule has 20 heavy (non-hydrogen) atoms. The first kappa shape index (κ1) is 15.5. The van der Waals surface area contributed by atoms with E-state index in [2.05, 4.69) is 6.58 Å². The highest BCUT2D eigenvalue weighted by Crippen LogP contribution is 2.20. The van der Waals surface area contributed by atoms with E-state index in [0.717, 1.165) is 6.08 Å². The summed E-state index contributed by atoms with van der Waals surface area (Å²) in [5.41, 5.74) is 0.640. The predicted octanol–water partition coefficient (Wildman–Crippen LogP) is 2.49. The Hall–Kier alpha value is -2.56. The molecule has 0 atom stereocenters. The van der Waals surface area contributed by atoms with Crippen LogP contribution in [0.2, 0.25) is 0 Å². The third-order valence-corrected chi connectivity index (χ3v) is 2.44. The standard InChI is InChI=1S/C15H16O5/c1-3-13(19-9-10-20-14(16)4-2)11-7-5-6-8-12(11)15(17)18/h3-8H,2,9-10H2,1H3,(H,17,18)/b13-3+. The summed E-state index contributed by atoms with van der Waals surface area (Å²) in [6.07, 6.45) is 2.73. The van der Waals surface area contributed by atoms with Gasteiger partial charge in [-0.05, 0) is 19.1 Å². The van der Waals surface area contributed by atoms with E-state index in [1.165, 1.54) is 6.07 Å². The van der Waals surface area contributed by atoms with Gasteiger partial charge in [-0.1, -0.05) is 24.8 Å². The largest absolute Gasteiger partial charge is 0.490 e. The van der Waals surface area contributed by atoms with Crippen LogP contribution >= 0.6 is 0 Å². The first-order valence-electron chi connectivity index (χ1n) is 6.01. The van der Waals surface area contributed by atoms with Gasteiger partial charge in [0.15, 0.2) is 0 Å². The van der Waals surface area contributed by atoms with Crippen molar-refractivity contribution in [1.29, 1.82) is 0 Å². The number of hydrogen-bond acceptors (Lipinski definition) is 4. The molecule has 0 saturated heterocycles. The summed E-state index contributed by atoms with van der Waals surface area (Å²) in [6.45, 7) is 5.22. The quantitative estimate of drug-likeness (QED) is 0.358. The zero-order valence-electron chi connectivity index (χ0n) is 11.2. The van der Waals surface area contributed by atoms with Crippen molar-refractivity contribution in [2.45, 2.75) is 6.92 Å². The molecule has 1 rings (SSSR count). The fourth-order valence-corrected chi connectivity index (χ4v) is 1.55. The molecule has 0 aliphatic carbocycles. The van der Waals surface area contributed by atoms with Crippen LogP contribution in [0.5, 0.6) is 0 Å². The van der Waals surface area contributed by atoms with Crippen LogP contribution in [-0.4, -0.2) is 30.3 Å². The van der Waals surface area contributed by atoms with Crippen LogP contribution in [0.4, 0.5) is 0 Å². The van der Waals surface area contributed by atoms with Gasteiger partial charge in [0.25, 0.3) is 0 Å². The number of aromatic carboxylic acids is 1. The van der Waals surface area contributed by atoms with Crippen molar-refractivity contribution >= 4 is 17.7 Å². The first-order chi connectivity index (χ1) is 9.60. The lowest BCUT2D eigenvalue weighted by Crippen LogP contribution is -2.09. The molecule has 5 nitrogen and oxygen atoms in total. The van der Waals surface area contributed by atoms with Crippen LogP contribution in [0.1, 0.15) is 22.8 Å². The van der Waals surface area contributed by atoms with Gasteiger partial charge in [0.1, 0.15) is 19.0 Å². The van der Waals surface area contributed by atoms with E-state index in [-0.39, 0.29) is 18.8 Å². The number of ether oxygens (including phenoxy) is 2. The molecular weight excluding hydrogens is 260 g/mol. The molecule has 106 valence electrons. The second-order valence-electron chi connectivity index (χ2n) is 3.72. The first-order valence-corrected chi connectivity index (χ1v) is 6.01. The second kappa shape index (κ2) is 7.78. The highest BCUT2D eigenvalue weighted by Gasteiger charge is 2.13. The van der Waals surface area contributed by atoms with E-state index in [4.69, 9.17) is 14.6 Å². The molecule has 0 fully saturated rings. The molecule has 1 aromatic rings. The Kier molecular flexibility index (Phi) is 6.03. The lowest BCUT2D eigenvalue weighted by atomic mass is 10.1. The number of carbonyl (C=O) groups excluding carboxylic acids is 1. The Morgan fingerprint density at radius 1 is 1.20 bits per heavy atom. The van der Waals surface area contributed by atoms with Crippen molar-refractivity contribution < 1.29 is 24.2 Å². The monoisotopic (exact) mass is 276 g/mol. The molecule has 0 heterocycles. The van der Waals surface area contributed by atoms with Gasteiger partial charge in [0.2, 0.25) is 0 Å². The number of carboxylic acids is 1. The van der Waals surface area contributed by atoms with E-state index < -0.39 is 11.9 Å². The van der Waals surface area contributed by atoms with Gasteiger partial charge in [0.05, 0.1) is 5.56 Å². The van der Waals surface area contributed by atoms with Gasteiger partial charge in [-0.2, -0.15) is 0 Å². The third-order valence-electron chi connectivity index (χ3n) is 2.44. The molecule has 1 N–H and O–H groups in total. The van der Waals surface area contributed by atoms with Gasteiger partial charge in [0, 0.05) is 11.6 Å². The molecule has 0 radical (unpaired) electrons. The number of allylic oxidation sites excluding steroid dienone is 1. The summed E-state index contributed by atoms with van der Waals surface area (Å²) in [5.74, 6) is -1.12. The minimum atomic E-state index is -1.03. The smallest absolute Gasteiger partial charge is 0.336 e. The number of carboxylic acid groups (broad SMARTS) is 1. The Bertz CT molecular complexity index is 531. The highest BCUT2D eigenvalue weighted by molar-refractivity contribution is 5.93. The van der Waals surface area contributed by atoms with Crippen LogP contribution < -0.4 is 0 Å². The van der Waals surface area contributed by atoms with Gasteiger partial charge >= 0.3 is 11.9 Å². The van der Waals surface area contributed by atoms with Crippen molar-refractivity contribution in [3.8, 4) is 0 Å². The molecule has 1 aromatic carbocycles. The average Bonchev–Trinajstić information content (AvgIpc) is 2.47. The lowest BCUT2D eigenvalue weighted by Gasteiger charge is -2.12. The Labute approximate surface area is 117 Å². The summed E-state index contributed by atoms with van der Waals surface area (Å²) in [7, 11) is 0. The molecule has 5 heteroatoms. The fourth-order valence-electron chi connectivity index (χ4n) is 1.55. The van der Waals surface area contributed by atoms with Crippen molar-refractivity contribution in [3.63, 3.8) is 0 Å². The zero-order chi connectivity index (χ0) is 15.0. The van der Waals surface area contributed by atoms with E-state index in [0.29, 0.717) is 11.3 Å². The van der Waals surface area contributed by atoms with Crippen LogP contribution in [0.25, 0.3) is 5.76 Å². The van der Waals surface area contributed by atoms with E-state index >= 15 is 0 Å². The fraction of sp³-hybridized carbons (Fsp3) is 0.200. The number of benzene rings is 1. The molecule has 0 bridgehead atoms. The maximum absolute atomic E-state index is 11.1. The normalized spacial score (nSPS) is 10.8. The molecule has 0 aromatic heterocycles. The minimum Gasteiger partial charge on any atom is -0.490 e. The third kappa shape index (κ3) is 4.28. The van der Waals surface area contributed by atoms with E-state index in [1.54, 1.807) is 31.2 Å². The summed E-state index contributed by atoms with van der Waals surface area (Å²) >= 11 is 0. The van der Waals surface area contributed by atoms with Crippen molar-refractivity contribution in [2.24, 2.45) is 0 Å². The Morgan fingerprint density at radius 2 is 1.80 bits per heavy atom. The van der Waals surface area contributed by atoms with Crippen LogP contribution in [-0.2, 0) is 14.3 Å². The van der Waals surface area contributed by atoms with E-state index in [9.17, 15) is 9.59 Å². The van der Waals surface area contributed by atoms with Crippen molar-refractivity contribution in [1.82, 2.24) is 0 Å². The Balaban J connectivity index is 2.71. The molecular formula is C15H16O5. The highest BCUT2D eigenvalue weighted by atomic mass is 16.6. The number of hydrogen-bond donors (Lipinski definition) is 1. The van der Waals surface area contributed by atoms with E-state index in [1.807, 2.05) is 0 Å². The van der Waals surface area contributed by atoms with Gasteiger partial charge in [-0.25, -0.2) is 9.59 Å². The summed E-state index contributed by atoms with van der Waals surface area (Å²) in [6, 6.07) is 6.54. The molecule has 0 aliphatic heterocycles. The van der Waals surface area contributed by atoms with Crippen molar-refractivity contribution in [2.75, 3.05) is 13.2 Å². The summed E-state index contributed by atoms with van der Waals surface area (Å²) in [5, 5.41) is 9.12. The average molecular weight is 276 g/mol. The summed E-state index contributed by atoms with van der Waals surface area (Å²) < 4.78 is 10.2. The van der Waals surface area contributed by atoms with Gasteiger partial charge in [-0.3, -0.25) is 0 Å². The Morgan fingerprint density at radius 3 is 2.35 bits per heavy atom. The lowest BCUT2D eigenvalue weighted by molar-refractivity contribution is -0.138. The number of carbonyl (C=O) groups is 2. The maximum atomic E-state index is 11.1. The zero-order valence-corrected chi connectivity index (χ0v) is 11.2. The molecule has 0 amide bonds. The molecule has 0 unspecified atom stereocenters. The second-order valence-corrected chi connectivity index (χ2v) is 3.72. The molecule has 0 spiro atoms. The van der Waals surface area contributed by atoms with Gasteiger partial charge < -0.3 is 14.6 Å². The topological polar surface area (TPSA) is 72.8 Å². The SMILES string of the molecule is C=CC(=O)OCCO/C(=C/C)c1ccccc1C(=O)O. The van der Waals surface area contributed by atoms with Crippen LogP contribution in [0.3, 0.4) is 0 Å². The van der Waals surface area contributed by atoms with Crippen LogP contribution in [0.15, 0.2) is 43.0 Å². The minimum absolute atomic E-state index is 0.0669. The predicted molar refractivity (Wildman–Crippen MR) is 74.2 cm³/mol. The van der Waals surface area contributed by atoms with Crippen LogP contribution in [0, 0.1) is 0 Å². The van der Waals surface area contributed by atoms with Gasteiger partial charge in [-0.15, -0.1) is 0 Å². The maximum Gasteiger partial charge on any atom is 0.336 e.